The van der Waals surface area contributed by atoms with Crippen LogP contribution in [-0.2, 0) is 0 Å². The zero-order chi connectivity index (χ0) is 19.5. The van der Waals surface area contributed by atoms with Gasteiger partial charge in [-0.05, 0) is 24.3 Å². The van der Waals surface area contributed by atoms with Crippen LogP contribution in [0.4, 0.5) is 0 Å². The third-order valence-electron chi connectivity index (χ3n) is 4.47. The lowest BCUT2D eigenvalue weighted by atomic mass is 10.2. The van der Waals surface area contributed by atoms with Crippen LogP contribution < -0.4 is 10.1 Å². The molecule has 0 amide bonds. The molecular formula is C21H23N5O2. The molecule has 0 aliphatic heterocycles. The number of nitrogens with one attached hydrogen (secondary N) is 1. The molecule has 4 rings (SSSR count). The summed E-state index contributed by atoms with van der Waals surface area (Å²) in [5.41, 5.74) is 1.62. The van der Waals surface area contributed by atoms with Gasteiger partial charge >= 0.3 is 0 Å². The lowest BCUT2D eigenvalue weighted by Crippen LogP contribution is -2.35. The minimum atomic E-state index is -0.556. The molecule has 2 N–H and O–H groups in total. The van der Waals surface area contributed by atoms with Gasteiger partial charge in [0.15, 0.2) is 11.5 Å². The molecule has 7 heteroatoms. The van der Waals surface area contributed by atoms with Gasteiger partial charge in [-0.3, -0.25) is 0 Å². The lowest BCUT2D eigenvalue weighted by molar-refractivity contribution is 0.104. The number of ether oxygens (including phenoxy) is 1. The predicted octanol–water partition coefficient (Wildman–Crippen LogP) is 2.68. The number of rotatable bonds is 7. The van der Waals surface area contributed by atoms with Crippen LogP contribution >= 0.6 is 0 Å². The van der Waals surface area contributed by atoms with E-state index in [4.69, 9.17) is 4.74 Å². The number of aromatic nitrogens is 4. The molecule has 7 nitrogen and oxygen atoms in total. The Bertz CT molecular complexity index is 1080. The van der Waals surface area contributed by atoms with Crippen molar-refractivity contribution in [3.8, 4) is 17.1 Å². The maximum Gasteiger partial charge on any atom is 0.186 e. The van der Waals surface area contributed by atoms with E-state index in [9.17, 15) is 5.11 Å². The topological polar surface area (TPSA) is 84.6 Å². The molecule has 2 heterocycles. The van der Waals surface area contributed by atoms with Crippen LogP contribution in [0.15, 0.2) is 54.7 Å². The van der Waals surface area contributed by atoms with Gasteiger partial charge in [-0.15, -0.1) is 10.2 Å². The predicted molar refractivity (Wildman–Crippen MR) is 108 cm³/mol. The summed E-state index contributed by atoms with van der Waals surface area (Å²) in [5, 5.41) is 28.3. The normalized spacial score (nSPS) is 12.7. The molecule has 0 fully saturated rings. The first-order valence-electron chi connectivity index (χ1n) is 9.35. The third kappa shape index (κ3) is 3.81. The summed E-state index contributed by atoms with van der Waals surface area (Å²) in [6.07, 6.45) is 1.26. The highest BCUT2D eigenvalue weighted by Crippen LogP contribution is 2.24. The van der Waals surface area contributed by atoms with E-state index in [1.54, 1.807) is 4.52 Å². The molecular weight excluding hydrogens is 354 g/mol. The Hall–Kier alpha value is -3.03. The lowest BCUT2D eigenvalue weighted by Gasteiger charge is -2.15. The summed E-state index contributed by atoms with van der Waals surface area (Å²) < 4.78 is 7.42. The van der Waals surface area contributed by atoms with Crippen LogP contribution in [0.2, 0.25) is 0 Å². The van der Waals surface area contributed by atoms with E-state index in [-0.39, 0.29) is 6.61 Å². The molecule has 28 heavy (non-hydrogen) atoms. The van der Waals surface area contributed by atoms with Gasteiger partial charge in [-0.25, -0.2) is 0 Å². The van der Waals surface area contributed by atoms with Crippen LogP contribution in [0.5, 0.6) is 5.75 Å². The Kier molecular flexibility index (Phi) is 5.18. The fourth-order valence-electron chi connectivity index (χ4n) is 2.99. The van der Waals surface area contributed by atoms with E-state index in [1.807, 2.05) is 68.6 Å². The van der Waals surface area contributed by atoms with Crippen molar-refractivity contribution in [1.82, 2.24) is 25.1 Å². The first-order chi connectivity index (χ1) is 13.6. The van der Waals surface area contributed by atoms with Crippen molar-refractivity contribution in [2.45, 2.75) is 26.0 Å². The Balaban J connectivity index is 1.50. The molecule has 2 aromatic heterocycles. The van der Waals surface area contributed by atoms with Gasteiger partial charge in [0.25, 0.3) is 0 Å². The minimum Gasteiger partial charge on any atom is -0.491 e. The smallest absolute Gasteiger partial charge is 0.186 e. The molecule has 0 radical (unpaired) electrons. The first kappa shape index (κ1) is 18.3. The second-order valence-electron chi connectivity index (χ2n) is 7.04. The van der Waals surface area contributed by atoms with Gasteiger partial charge in [-0.1, -0.05) is 38.1 Å². The molecule has 1 atom stereocenters. The summed E-state index contributed by atoms with van der Waals surface area (Å²) in [4.78, 5) is 0. The van der Waals surface area contributed by atoms with Crippen LogP contribution in [0.25, 0.3) is 27.8 Å². The highest BCUT2D eigenvalue weighted by atomic mass is 16.5. The zero-order valence-corrected chi connectivity index (χ0v) is 15.9. The molecule has 0 saturated carbocycles. The van der Waals surface area contributed by atoms with Gasteiger partial charge in [0.2, 0.25) is 0 Å². The molecule has 0 spiro atoms. The largest absolute Gasteiger partial charge is 0.491 e. The molecule has 0 aliphatic carbocycles. The van der Waals surface area contributed by atoms with E-state index in [2.05, 4.69) is 20.6 Å². The van der Waals surface area contributed by atoms with Crippen LogP contribution in [-0.4, -0.2) is 50.2 Å². The molecule has 0 saturated heterocycles. The maximum absolute atomic E-state index is 9.95. The van der Waals surface area contributed by atoms with Crippen LogP contribution in [0.1, 0.15) is 13.8 Å². The van der Waals surface area contributed by atoms with Crippen LogP contribution in [0.3, 0.4) is 0 Å². The van der Waals surface area contributed by atoms with Gasteiger partial charge in [0, 0.05) is 28.9 Å². The highest BCUT2D eigenvalue weighted by Gasteiger charge is 2.12. The van der Waals surface area contributed by atoms with Crippen molar-refractivity contribution in [2.24, 2.45) is 0 Å². The summed E-state index contributed by atoms with van der Waals surface area (Å²) in [6.45, 7) is 4.82. The molecule has 4 aromatic rings. The highest BCUT2D eigenvalue weighted by molar-refractivity contribution is 5.93. The zero-order valence-electron chi connectivity index (χ0n) is 15.9. The third-order valence-corrected chi connectivity index (χ3v) is 4.47. The van der Waals surface area contributed by atoms with E-state index in [0.29, 0.717) is 24.2 Å². The number of hydrogen-bond donors (Lipinski definition) is 2. The van der Waals surface area contributed by atoms with E-state index in [0.717, 1.165) is 22.0 Å². The van der Waals surface area contributed by atoms with Crippen molar-refractivity contribution < 1.29 is 9.84 Å². The number of aliphatic hydroxyl groups excluding tert-OH is 1. The fourth-order valence-corrected chi connectivity index (χ4v) is 2.99. The van der Waals surface area contributed by atoms with Crippen molar-refractivity contribution in [3.63, 3.8) is 0 Å². The summed E-state index contributed by atoms with van der Waals surface area (Å²) >= 11 is 0. The van der Waals surface area contributed by atoms with Gasteiger partial charge < -0.3 is 15.2 Å². The Morgan fingerprint density at radius 1 is 1.07 bits per heavy atom. The molecule has 144 valence electrons. The van der Waals surface area contributed by atoms with Crippen LogP contribution in [0, 0.1) is 0 Å². The van der Waals surface area contributed by atoms with Crippen molar-refractivity contribution in [3.05, 3.63) is 54.7 Å². The number of benzene rings is 2. The second-order valence-corrected chi connectivity index (χ2v) is 7.04. The molecule has 1 unspecified atom stereocenters. The number of fused-ring (bicyclic) bond motifs is 3. The van der Waals surface area contributed by atoms with E-state index in [1.165, 1.54) is 0 Å². The fraction of sp³-hybridized carbons (Fsp3) is 0.286. The van der Waals surface area contributed by atoms with Gasteiger partial charge in [-0.2, -0.15) is 9.61 Å². The van der Waals surface area contributed by atoms with Gasteiger partial charge in [0.1, 0.15) is 18.5 Å². The average molecular weight is 377 g/mol. The Morgan fingerprint density at radius 3 is 2.64 bits per heavy atom. The van der Waals surface area contributed by atoms with E-state index >= 15 is 0 Å². The quantitative estimate of drug-likeness (QED) is 0.515. The summed E-state index contributed by atoms with van der Waals surface area (Å²) in [7, 11) is 0. The average Bonchev–Trinajstić information content (AvgIpc) is 3.15. The molecule has 0 bridgehead atoms. The van der Waals surface area contributed by atoms with Crippen molar-refractivity contribution >= 4 is 16.4 Å². The SMILES string of the molecule is CC(C)NCC(O)COc1ccc(-c2nnc3c4ccccc4cnn23)cc1. The number of hydrogen-bond acceptors (Lipinski definition) is 6. The Labute approximate surface area is 163 Å². The van der Waals surface area contributed by atoms with Gasteiger partial charge in [0.05, 0.1) is 6.20 Å². The summed E-state index contributed by atoms with van der Waals surface area (Å²) in [6, 6.07) is 15.9. The first-order valence-corrected chi connectivity index (χ1v) is 9.35. The number of aliphatic hydroxyl groups is 1. The van der Waals surface area contributed by atoms with Crippen molar-refractivity contribution in [2.75, 3.05) is 13.2 Å². The second kappa shape index (κ2) is 7.92. The van der Waals surface area contributed by atoms with E-state index < -0.39 is 6.10 Å². The monoisotopic (exact) mass is 377 g/mol. The van der Waals surface area contributed by atoms with Crippen molar-refractivity contribution in [1.29, 1.82) is 0 Å². The standard InChI is InChI=1S/C21H23N5O2/c1-14(2)22-12-17(27)13-28-18-9-7-15(8-10-18)20-24-25-21-19-6-4-3-5-16(19)11-23-26(20)21/h3-11,14,17,22,27H,12-13H2,1-2H3. The summed E-state index contributed by atoms with van der Waals surface area (Å²) in [5.74, 6) is 1.37. The molecule has 2 aromatic carbocycles. The Morgan fingerprint density at radius 2 is 1.86 bits per heavy atom. The number of nitrogens with zero attached hydrogens (tertiary/aromatic N) is 4. The minimum absolute atomic E-state index is 0.237. The maximum atomic E-state index is 9.95. The molecule has 0 aliphatic rings.